The zero-order valence-electron chi connectivity index (χ0n) is 13.8. The number of amides is 1. The number of piperidine rings is 1. The number of hydrogen-bond donors (Lipinski definition) is 1. The van der Waals surface area contributed by atoms with Crippen LogP contribution >= 0.6 is 11.3 Å². The minimum absolute atomic E-state index is 0.107. The summed E-state index contributed by atoms with van der Waals surface area (Å²) >= 11 is 1.76. The largest absolute Gasteiger partial charge is 0.358 e. The Balaban J connectivity index is 1.53. The number of nitrogens with one attached hydrogen (secondary N) is 1. The van der Waals surface area contributed by atoms with E-state index in [1.54, 1.807) is 18.4 Å². The molecular formula is C17H24N4OS. The van der Waals surface area contributed by atoms with Gasteiger partial charge in [0.15, 0.2) is 5.13 Å². The van der Waals surface area contributed by atoms with Gasteiger partial charge in [-0.2, -0.15) is 0 Å². The van der Waals surface area contributed by atoms with Gasteiger partial charge in [0, 0.05) is 20.6 Å². The summed E-state index contributed by atoms with van der Waals surface area (Å²) in [6, 6.07) is 8.29. The maximum Gasteiger partial charge on any atom is 0.233 e. The van der Waals surface area contributed by atoms with Crippen molar-refractivity contribution < 1.29 is 4.79 Å². The molecule has 1 aliphatic heterocycles. The number of para-hydroxylation sites is 1. The number of carbonyl (C=O) groups is 1. The van der Waals surface area contributed by atoms with Crippen LogP contribution in [-0.4, -0.2) is 56.1 Å². The van der Waals surface area contributed by atoms with Crippen LogP contribution in [0.25, 0.3) is 10.2 Å². The van der Waals surface area contributed by atoms with Crippen LogP contribution in [0, 0.1) is 5.92 Å². The SMILES string of the molecule is CNC(=O)CN1CCC(CN(C)c2nc3ccccc3s2)CC1. The van der Waals surface area contributed by atoms with Gasteiger partial charge in [-0.05, 0) is 44.0 Å². The van der Waals surface area contributed by atoms with Gasteiger partial charge in [-0.1, -0.05) is 23.5 Å². The summed E-state index contributed by atoms with van der Waals surface area (Å²) in [4.78, 5) is 20.7. The Hall–Kier alpha value is -1.66. The Bertz CT molecular complexity index is 630. The number of likely N-dealkylation sites (tertiary alicyclic amines) is 1. The van der Waals surface area contributed by atoms with Gasteiger partial charge in [0.1, 0.15) is 0 Å². The van der Waals surface area contributed by atoms with Crippen LogP contribution in [0.2, 0.25) is 0 Å². The van der Waals surface area contributed by atoms with E-state index in [4.69, 9.17) is 4.98 Å². The van der Waals surface area contributed by atoms with E-state index in [0.29, 0.717) is 12.5 Å². The highest BCUT2D eigenvalue weighted by molar-refractivity contribution is 7.22. The van der Waals surface area contributed by atoms with Crippen LogP contribution in [0.4, 0.5) is 5.13 Å². The van der Waals surface area contributed by atoms with Crippen molar-refractivity contribution in [2.45, 2.75) is 12.8 Å². The zero-order chi connectivity index (χ0) is 16.2. The fraction of sp³-hybridized carbons (Fsp3) is 0.529. The molecule has 0 aliphatic carbocycles. The number of rotatable bonds is 5. The summed E-state index contributed by atoms with van der Waals surface area (Å²) in [7, 11) is 3.83. The lowest BCUT2D eigenvalue weighted by Gasteiger charge is -2.33. The quantitative estimate of drug-likeness (QED) is 0.912. The number of thiazole rings is 1. The van der Waals surface area contributed by atoms with Gasteiger partial charge >= 0.3 is 0 Å². The third-order valence-electron chi connectivity index (χ3n) is 4.49. The molecule has 6 heteroatoms. The van der Waals surface area contributed by atoms with Crippen molar-refractivity contribution in [3.05, 3.63) is 24.3 Å². The first-order valence-corrected chi connectivity index (χ1v) is 8.97. The standard InChI is InChI=1S/C17H24N4OS/c1-18-16(22)12-21-9-7-13(8-10-21)11-20(2)17-19-14-5-3-4-6-15(14)23-17/h3-6,13H,7-12H2,1-2H3,(H,18,22). The van der Waals surface area contributed by atoms with Crippen molar-refractivity contribution in [3.8, 4) is 0 Å². The van der Waals surface area contributed by atoms with Crippen LogP contribution in [0.3, 0.4) is 0 Å². The summed E-state index contributed by atoms with van der Waals surface area (Å²) in [5, 5.41) is 3.79. The van der Waals surface area contributed by atoms with Crippen LogP contribution in [0.15, 0.2) is 24.3 Å². The molecule has 2 heterocycles. The van der Waals surface area contributed by atoms with Crippen LogP contribution in [0.5, 0.6) is 0 Å². The van der Waals surface area contributed by atoms with Crippen molar-refractivity contribution in [3.63, 3.8) is 0 Å². The van der Waals surface area contributed by atoms with E-state index in [-0.39, 0.29) is 5.91 Å². The van der Waals surface area contributed by atoms with Crippen LogP contribution < -0.4 is 10.2 Å². The molecule has 1 N–H and O–H groups in total. The highest BCUT2D eigenvalue weighted by Crippen LogP contribution is 2.29. The molecular weight excluding hydrogens is 308 g/mol. The summed E-state index contributed by atoms with van der Waals surface area (Å²) in [5.41, 5.74) is 1.08. The number of fused-ring (bicyclic) bond motifs is 1. The molecule has 23 heavy (non-hydrogen) atoms. The molecule has 2 aromatic rings. The van der Waals surface area contributed by atoms with Crippen molar-refractivity contribution in [1.82, 2.24) is 15.2 Å². The van der Waals surface area contributed by atoms with Gasteiger partial charge in [-0.3, -0.25) is 9.69 Å². The van der Waals surface area contributed by atoms with Crippen molar-refractivity contribution >= 4 is 32.6 Å². The molecule has 124 valence electrons. The molecule has 1 aliphatic rings. The molecule has 1 aromatic heterocycles. The van der Waals surface area contributed by atoms with E-state index in [1.807, 2.05) is 6.07 Å². The number of likely N-dealkylation sites (N-methyl/N-ethyl adjacent to an activating group) is 1. The van der Waals surface area contributed by atoms with E-state index in [9.17, 15) is 4.79 Å². The molecule has 0 spiro atoms. The second kappa shape index (κ2) is 7.27. The van der Waals surface area contributed by atoms with E-state index in [1.165, 1.54) is 4.70 Å². The highest BCUT2D eigenvalue weighted by Gasteiger charge is 2.22. The third kappa shape index (κ3) is 4.00. The van der Waals surface area contributed by atoms with Crippen molar-refractivity contribution in [1.29, 1.82) is 0 Å². The molecule has 5 nitrogen and oxygen atoms in total. The first-order chi connectivity index (χ1) is 11.2. The average Bonchev–Trinajstić information content (AvgIpc) is 3.00. The van der Waals surface area contributed by atoms with Gasteiger partial charge < -0.3 is 10.2 Å². The van der Waals surface area contributed by atoms with Gasteiger partial charge in [0.25, 0.3) is 0 Å². The number of nitrogens with zero attached hydrogens (tertiary/aromatic N) is 3. The lowest BCUT2D eigenvalue weighted by Crippen LogP contribution is -2.42. The monoisotopic (exact) mass is 332 g/mol. The van der Waals surface area contributed by atoms with Crippen LogP contribution in [0.1, 0.15) is 12.8 Å². The minimum atomic E-state index is 0.107. The maximum absolute atomic E-state index is 11.4. The first-order valence-electron chi connectivity index (χ1n) is 8.15. The minimum Gasteiger partial charge on any atom is -0.358 e. The Morgan fingerprint density at radius 1 is 1.39 bits per heavy atom. The summed E-state index contributed by atoms with van der Waals surface area (Å²) < 4.78 is 1.25. The number of carbonyl (C=O) groups excluding carboxylic acids is 1. The highest BCUT2D eigenvalue weighted by atomic mass is 32.1. The predicted octanol–water partition coefficient (Wildman–Crippen LogP) is 2.19. The molecule has 1 aromatic carbocycles. The Morgan fingerprint density at radius 2 is 2.13 bits per heavy atom. The van der Waals surface area contributed by atoms with Crippen molar-refractivity contribution in [2.75, 3.05) is 45.2 Å². The molecule has 3 rings (SSSR count). The summed E-state index contributed by atoms with van der Waals surface area (Å²) in [6.07, 6.45) is 2.29. The van der Waals surface area contributed by atoms with E-state index in [0.717, 1.165) is 43.1 Å². The van der Waals surface area contributed by atoms with E-state index < -0.39 is 0 Å². The van der Waals surface area contributed by atoms with Gasteiger partial charge in [0.2, 0.25) is 5.91 Å². The fourth-order valence-corrected chi connectivity index (χ4v) is 4.03. The fourth-order valence-electron chi connectivity index (χ4n) is 3.10. The van der Waals surface area contributed by atoms with Gasteiger partial charge in [-0.15, -0.1) is 0 Å². The maximum atomic E-state index is 11.4. The second-order valence-electron chi connectivity index (χ2n) is 6.24. The average molecular weight is 332 g/mol. The molecule has 0 radical (unpaired) electrons. The topological polar surface area (TPSA) is 48.5 Å². The van der Waals surface area contributed by atoms with E-state index in [2.05, 4.69) is 40.4 Å². The van der Waals surface area contributed by atoms with Crippen molar-refractivity contribution in [2.24, 2.45) is 5.92 Å². The van der Waals surface area contributed by atoms with E-state index >= 15 is 0 Å². The zero-order valence-corrected chi connectivity index (χ0v) is 14.6. The summed E-state index contributed by atoms with van der Waals surface area (Å²) in [5.74, 6) is 0.781. The second-order valence-corrected chi connectivity index (χ2v) is 7.25. The molecule has 0 unspecified atom stereocenters. The van der Waals surface area contributed by atoms with Gasteiger partial charge in [-0.25, -0.2) is 4.98 Å². The number of hydrogen-bond acceptors (Lipinski definition) is 5. The number of anilines is 1. The lowest BCUT2D eigenvalue weighted by atomic mass is 9.96. The third-order valence-corrected chi connectivity index (χ3v) is 5.65. The van der Waals surface area contributed by atoms with Crippen LogP contribution in [-0.2, 0) is 4.79 Å². The molecule has 1 saturated heterocycles. The molecule has 1 fully saturated rings. The molecule has 0 bridgehead atoms. The molecule has 0 saturated carbocycles. The predicted molar refractivity (Wildman–Crippen MR) is 96.1 cm³/mol. The number of aromatic nitrogens is 1. The first kappa shape index (κ1) is 16.2. The summed E-state index contributed by atoms with van der Waals surface area (Å²) in [6.45, 7) is 3.57. The normalized spacial score (nSPS) is 16.6. The molecule has 0 atom stereocenters. The Morgan fingerprint density at radius 3 is 2.83 bits per heavy atom. The number of benzene rings is 1. The Kier molecular flexibility index (Phi) is 5.13. The van der Waals surface area contributed by atoms with Gasteiger partial charge in [0.05, 0.1) is 16.8 Å². The smallest absolute Gasteiger partial charge is 0.233 e. The Labute approximate surface area is 141 Å². The lowest BCUT2D eigenvalue weighted by molar-refractivity contribution is -0.122. The molecule has 1 amide bonds.